The van der Waals surface area contributed by atoms with Crippen LogP contribution in [0.5, 0.6) is 0 Å². The van der Waals surface area contributed by atoms with Gasteiger partial charge in [0.25, 0.3) is 0 Å². The molecule has 1 amide bonds. The van der Waals surface area contributed by atoms with E-state index in [0.717, 1.165) is 5.56 Å². The number of nitrogens with one attached hydrogen (secondary N) is 1. The van der Waals surface area contributed by atoms with Crippen molar-refractivity contribution in [1.82, 2.24) is 5.32 Å². The lowest BCUT2D eigenvalue weighted by Crippen LogP contribution is -2.49. The molecular formula is C14H17ClNO4-. The highest BCUT2D eigenvalue weighted by atomic mass is 35.5. The van der Waals surface area contributed by atoms with Crippen LogP contribution in [-0.2, 0) is 16.0 Å². The molecule has 0 fully saturated rings. The number of rotatable bonds is 6. The number of hydrogen-bond donors (Lipinski definition) is 1. The Morgan fingerprint density at radius 2 is 1.95 bits per heavy atom. The fraction of sp³-hybridized carbons (Fsp3) is 0.429. The maximum absolute atomic E-state index is 11.5. The normalized spacial score (nSPS) is 13.3. The van der Waals surface area contributed by atoms with Gasteiger partial charge in [-0.05, 0) is 37.5 Å². The first kappa shape index (κ1) is 16.3. The van der Waals surface area contributed by atoms with Crippen LogP contribution in [0.3, 0.4) is 0 Å². The van der Waals surface area contributed by atoms with Crippen molar-refractivity contribution in [2.45, 2.75) is 38.8 Å². The molecule has 0 aromatic heterocycles. The van der Waals surface area contributed by atoms with Gasteiger partial charge >= 0.3 is 6.09 Å². The maximum atomic E-state index is 11.5. The molecule has 0 aliphatic carbocycles. The van der Waals surface area contributed by atoms with E-state index < -0.39 is 18.1 Å². The molecule has 20 heavy (non-hydrogen) atoms. The molecule has 1 rings (SSSR count). The van der Waals surface area contributed by atoms with Gasteiger partial charge in [-0.1, -0.05) is 30.7 Å². The van der Waals surface area contributed by atoms with Gasteiger partial charge in [-0.15, -0.1) is 0 Å². The second-order valence-electron chi connectivity index (χ2n) is 4.47. The Bertz CT molecular complexity index is 461. The summed E-state index contributed by atoms with van der Waals surface area (Å²) >= 11 is 5.75. The van der Waals surface area contributed by atoms with E-state index in [1.165, 1.54) is 0 Å². The topological polar surface area (TPSA) is 78.5 Å². The largest absolute Gasteiger partial charge is 0.548 e. The van der Waals surface area contributed by atoms with Gasteiger partial charge in [0, 0.05) is 5.02 Å². The highest BCUT2D eigenvalue weighted by Crippen LogP contribution is 2.11. The minimum absolute atomic E-state index is 0.106. The summed E-state index contributed by atoms with van der Waals surface area (Å²) < 4.78 is 4.97. The number of hydrogen-bond acceptors (Lipinski definition) is 4. The minimum atomic E-state index is -1.36. The lowest BCUT2D eigenvalue weighted by molar-refractivity contribution is -0.308. The van der Waals surface area contributed by atoms with E-state index in [1.807, 2.05) is 6.92 Å². The Hall–Kier alpha value is -1.75. The van der Waals surface area contributed by atoms with Crippen LogP contribution in [0, 0.1) is 0 Å². The van der Waals surface area contributed by atoms with E-state index in [4.69, 9.17) is 16.3 Å². The van der Waals surface area contributed by atoms with Crippen LogP contribution >= 0.6 is 11.6 Å². The van der Waals surface area contributed by atoms with Crippen molar-refractivity contribution in [1.29, 1.82) is 0 Å². The van der Waals surface area contributed by atoms with Gasteiger partial charge in [-0.3, -0.25) is 0 Å². The number of aliphatic carboxylic acids is 1. The molecule has 0 unspecified atom stereocenters. The zero-order chi connectivity index (χ0) is 15.1. The fourth-order valence-electron chi connectivity index (χ4n) is 1.49. The molecule has 0 spiro atoms. The predicted octanol–water partition coefficient (Wildman–Crippen LogP) is 1.53. The van der Waals surface area contributed by atoms with Crippen molar-refractivity contribution in [3.05, 3.63) is 34.9 Å². The van der Waals surface area contributed by atoms with E-state index in [1.54, 1.807) is 31.2 Å². The Morgan fingerprint density at radius 1 is 1.35 bits per heavy atom. The van der Waals surface area contributed by atoms with Crippen LogP contribution in [-0.4, -0.2) is 24.2 Å². The van der Waals surface area contributed by atoms with Crippen LogP contribution in [0.15, 0.2) is 24.3 Å². The Balaban J connectivity index is 2.63. The van der Waals surface area contributed by atoms with Gasteiger partial charge in [0.1, 0.15) is 6.10 Å². The summed E-state index contributed by atoms with van der Waals surface area (Å²) in [5, 5.41) is 13.9. The third-order valence-corrected chi connectivity index (χ3v) is 3.06. The van der Waals surface area contributed by atoms with Gasteiger partial charge in [-0.2, -0.15) is 0 Å². The molecule has 0 heterocycles. The van der Waals surface area contributed by atoms with Gasteiger partial charge in [0.05, 0.1) is 12.0 Å². The Labute approximate surface area is 122 Å². The molecule has 1 aromatic rings. The Kier molecular flexibility index (Phi) is 6.31. The molecule has 1 N–H and O–H groups in total. The molecule has 0 aliphatic heterocycles. The van der Waals surface area contributed by atoms with Crippen LogP contribution in [0.2, 0.25) is 5.02 Å². The molecule has 1 aromatic carbocycles. The van der Waals surface area contributed by atoms with Crippen LogP contribution in [0.25, 0.3) is 0 Å². The molecule has 0 radical (unpaired) electrons. The molecule has 0 saturated carbocycles. The average molecular weight is 299 g/mol. The number of carboxylic acid groups (broad SMARTS) is 1. The van der Waals surface area contributed by atoms with Crippen molar-refractivity contribution in [3.8, 4) is 0 Å². The van der Waals surface area contributed by atoms with Crippen molar-refractivity contribution in [2.24, 2.45) is 0 Å². The number of ether oxygens (including phenoxy) is 1. The van der Waals surface area contributed by atoms with Crippen molar-refractivity contribution in [2.75, 3.05) is 0 Å². The zero-order valence-corrected chi connectivity index (χ0v) is 12.1. The summed E-state index contributed by atoms with van der Waals surface area (Å²) in [7, 11) is 0. The molecule has 0 aliphatic rings. The predicted molar refractivity (Wildman–Crippen MR) is 73.3 cm³/mol. The second kappa shape index (κ2) is 7.75. The highest BCUT2D eigenvalue weighted by molar-refractivity contribution is 6.30. The third-order valence-electron chi connectivity index (χ3n) is 2.81. The number of halogens is 1. The van der Waals surface area contributed by atoms with Gasteiger partial charge in [0.2, 0.25) is 0 Å². The van der Waals surface area contributed by atoms with Crippen LogP contribution in [0.4, 0.5) is 4.79 Å². The maximum Gasteiger partial charge on any atom is 0.407 e. The zero-order valence-electron chi connectivity index (χ0n) is 11.4. The van der Waals surface area contributed by atoms with Crippen molar-refractivity contribution >= 4 is 23.7 Å². The summed E-state index contributed by atoms with van der Waals surface area (Å²) in [5.41, 5.74) is 0.729. The SMILES string of the molecule is CC[C@H](C)OC(=O)N[C@@H](Cc1ccc(Cl)cc1)C(=O)[O-]. The van der Waals surface area contributed by atoms with Gasteiger partial charge < -0.3 is 20.0 Å². The van der Waals surface area contributed by atoms with Crippen LogP contribution < -0.4 is 10.4 Å². The van der Waals surface area contributed by atoms with E-state index >= 15 is 0 Å². The van der Waals surface area contributed by atoms with E-state index in [9.17, 15) is 14.7 Å². The summed E-state index contributed by atoms with van der Waals surface area (Å²) in [6, 6.07) is 5.55. The first-order valence-electron chi connectivity index (χ1n) is 6.34. The van der Waals surface area contributed by atoms with E-state index in [0.29, 0.717) is 11.4 Å². The number of amides is 1. The van der Waals surface area contributed by atoms with Gasteiger partial charge in [-0.25, -0.2) is 4.79 Å². The number of benzene rings is 1. The summed E-state index contributed by atoms with van der Waals surface area (Å²) in [6.45, 7) is 3.59. The monoisotopic (exact) mass is 298 g/mol. The molecule has 0 bridgehead atoms. The molecular weight excluding hydrogens is 282 g/mol. The lowest BCUT2D eigenvalue weighted by Gasteiger charge is -2.21. The highest BCUT2D eigenvalue weighted by Gasteiger charge is 2.16. The van der Waals surface area contributed by atoms with E-state index in [2.05, 4.69) is 5.32 Å². The first-order valence-corrected chi connectivity index (χ1v) is 6.72. The number of carbonyl (C=O) groups excluding carboxylic acids is 2. The molecule has 2 atom stereocenters. The Morgan fingerprint density at radius 3 is 2.45 bits per heavy atom. The fourth-order valence-corrected chi connectivity index (χ4v) is 1.62. The lowest BCUT2D eigenvalue weighted by atomic mass is 10.1. The molecule has 110 valence electrons. The quantitative estimate of drug-likeness (QED) is 0.864. The third kappa shape index (κ3) is 5.48. The van der Waals surface area contributed by atoms with Crippen molar-refractivity contribution in [3.63, 3.8) is 0 Å². The van der Waals surface area contributed by atoms with Crippen molar-refractivity contribution < 1.29 is 19.4 Å². The molecule has 5 nitrogen and oxygen atoms in total. The minimum Gasteiger partial charge on any atom is -0.548 e. The molecule has 6 heteroatoms. The standard InChI is InChI=1S/C14H18ClNO4/c1-3-9(2)20-14(19)16-12(13(17)18)8-10-4-6-11(15)7-5-10/h4-7,9,12H,3,8H2,1-2H3,(H,16,19)(H,17,18)/p-1/t9-,12-/m0/s1. The second-order valence-corrected chi connectivity index (χ2v) is 4.91. The average Bonchev–Trinajstić information content (AvgIpc) is 2.40. The number of carboxylic acids is 1. The smallest absolute Gasteiger partial charge is 0.407 e. The first-order chi connectivity index (χ1) is 9.42. The van der Waals surface area contributed by atoms with E-state index in [-0.39, 0.29) is 12.5 Å². The summed E-state index contributed by atoms with van der Waals surface area (Å²) in [4.78, 5) is 22.6. The molecule has 0 saturated heterocycles. The number of alkyl carbamates (subject to hydrolysis) is 1. The summed E-state index contributed by atoms with van der Waals surface area (Å²) in [5.74, 6) is -1.36. The van der Waals surface area contributed by atoms with Crippen LogP contribution in [0.1, 0.15) is 25.8 Å². The number of carbonyl (C=O) groups is 2. The summed E-state index contributed by atoms with van der Waals surface area (Å²) in [6.07, 6.45) is -0.272. The van der Waals surface area contributed by atoms with Gasteiger partial charge in [0.15, 0.2) is 0 Å².